The van der Waals surface area contributed by atoms with E-state index < -0.39 is 0 Å². The van der Waals surface area contributed by atoms with Gasteiger partial charge in [-0.25, -0.2) is 0 Å². The third-order valence-electron chi connectivity index (χ3n) is 3.18. The fraction of sp³-hybridized carbons (Fsp3) is 0.800. The summed E-state index contributed by atoms with van der Waals surface area (Å²) in [5, 5.41) is 0. The van der Waals surface area contributed by atoms with Crippen molar-refractivity contribution in [3.8, 4) is 0 Å². The van der Waals surface area contributed by atoms with Gasteiger partial charge >= 0.3 is 0 Å². The summed E-state index contributed by atoms with van der Waals surface area (Å²) in [6, 6.07) is 1.28. The van der Waals surface area contributed by atoms with E-state index >= 15 is 0 Å². The molecular weight excluding hydrogens is 150 g/mol. The smallest absolute Gasteiger partial charge is 0.0625 e. The van der Waals surface area contributed by atoms with Crippen LogP contribution in [0.5, 0.6) is 0 Å². The van der Waals surface area contributed by atoms with Crippen LogP contribution in [0.15, 0.2) is 11.6 Å². The number of hydrogen-bond acceptors (Lipinski definition) is 2. The van der Waals surface area contributed by atoms with Crippen LogP contribution in [0.3, 0.4) is 0 Å². The lowest BCUT2D eigenvalue weighted by molar-refractivity contribution is -0.0475. The van der Waals surface area contributed by atoms with Crippen LogP contribution < -0.4 is 0 Å². The molecule has 2 nitrogen and oxygen atoms in total. The van der Waals surface area contributed by atoms with Crippen LogP contribution >= 0.6 is 0 Å². The Kier molecular flexibility index (Phi) is 2.20. The van der Waals surface area contributed by atoms with Crippen molar-refractivity contribution in [3.05, 3.63) is 11.6 Å². The van der Waals surface area contributed by atoms with Gasteiger partial charge in [-0.2, -0.15) is 0 Å². The average molecular weight is 167 g/mol. The van der Waals surface area contributed by atoms with Crippen LogP contribution in [-0.4, -0.2) is 37.2 Å². The van der Waals surface area contributed by atoms with E-state index in [1.165, 1.54) is 12.8 Å². The Hall–Kier alpha value is -0.340. The number of likely N-dealkylation sites (N-methyl/N-ethyl adjacent to an activating group) is 1. The molecule has 2 heterocycles. The number of rotatable bonds is 0. The first-order chi connectivity index (χ1) is 5.81. The molecule has 2 aliphatic heterocycles. The minimum atomic E-state index is 0.642. The minimum Gasteiger partial charge on any atom is -0.378 e. The molecule has 0 aromatic heterocycles. The topological polar surface area (TPSA) is 12.5 Å². The molecule has 2 fully saturated rings. The first-order valence-corrected chi connectivity index (χ1v) is 4.75. The van der Waals surface area contributed by atoms with Crippen molar-refractivity contribution in [1.82, 2.24) is 4.90 Å². The first-order valence-electron chi connectivity index (χ1n) is 4.75. The summed E-state index contributed by atoms with van der Waals surface area (Å²) in [6.07, 6.45) is 4.70. The van der Waals surface area contributed by atoms with Gasteiger partial charge in [0.05, 0.1) is 13.2 Å². The lowest BCUT2D eigenvalue weighted by atomic mass is 9.90. The summed E-state index contributed by atoms with van der Waals surface area (Å²) in [5.41, 5.74) is 1.62. The maximum Gasteiger partial charge on any atom is 0.0625 e. The highest BCUT2D eigenvalue weighted by Crippen LogP contribution is 2.29. The third-order valence-corrected chi connectivity index (χ3v) is 3.18. The second kappa shape index (κ2) is 3.19. The fourth-order valence-corrected chi connectivity index (χ4v) is 2.20. The zero-order chi connectivity index (χ0) is 8.55. The van der Waals surface area contributed by atoms with E-state index in [9.17, 15) is 0 Å². The van der Waals surface area contributed by atoms with E-state index in [1.807, 2.05) is 0 Å². The van der Waals surface area contributed by atoms with E-state index in [1.54, 1.807) is 5.57 Å². The maximum atomic E-state index is 5.53. The number of nitrogens with zero attached hydrogens (tertiary/aromatic N) is 1. The summed E-state index contributed by atoms with van der Waals surface area (Å²) < 4.78 is 5.53. The van der Waals surface area contributed by atoms with E-state index in [-0.39, 0.29) is 0 Å². The van der Waals surface area contributed by atoms with Gasteiger partial charge in [-0.1, -0.05) is 11.6 Å². The van der Waals surface area contributed by atoms with E-state index in [4.69, 9.17) is 4.74 Å². The maximum absolute atomic E-state index is 5.53. The zero-order valence-corrected chi connectivity index (χ0v) is 7.92. The van der Waals surface area contributed by atoms with E-state index in [0.717, 1.165) is 13.2 Å². The van der Waals surface area contributed by atoms with E-state index in [2.05, 4.69) is 24.9 Å². The molecule has 0 aliphatic carbocycles. The summed E-state index contributed by atoms with van der Waals surface area (Å²) >= 11 is 0. The highest BCUT2D eigenvalue weighted by molar-refractivity contribution is 5.11. The molecule has 2 atom stereocenters. The molecule has 2 aliphatic rings. The van der Waals surface area contributed by atoms with Crippen LogP contribution in [0.25, 0.3) is 0 Å². The van der Waals surface area contributed by atoms with Crippen molar-refractivity contribution < 1.29 is 4.74 Å². The summed E-state index contributed by atoms with van der Waals surface area (Å²) in [5.74, 6) is 0. The van der Waals surface area contributed by atoms with Gasteiger partial charge in [0.15, 0.2) is 0 Å². The van der Waals surface area contributed by atoms with Crippen LogP contribution in [0.4, 0.5) is 0 Å². The highest BCUT2D eigenvalue weighted by Gasteiger charge is 2.33. The van der Waals surface area contributed by atoms with Crippen molar-refractivity contribution in [2.45, 2.75) is 31.8 Å². The number of fused-ring (bicyclic) bond motifs is 2. The number of ether oxygens (including phenoxy) is 1. The van der Waals surface area contributed by atoms with Crippen LogP contribution in [0, 0.1) is 0 Å². The molecule has 0 aromatic rings. The molecule has 2 saturated heterocycles. The van der Waals surface area contributed by atoms with Gasteiger partial charge in [-0.15, -0.1) is 0 Å². The molecule has 0 amide bonds. The summed E-state index contributed by atoms with van der Waals surface area (Å²) in [7, 11) is 2.23. The first kappa shape index (κ1) is 8.27. The molecule has 0 aromatic carbocycles. The molecular formula is C10H17NO. The molecule has 0 N–H and O–H groups in total. The standard InChI is InChI=1S/C10H17NO/c1-3-8-4-9-6-12-7-10(5-8)11(9)2/h3,9-10H,4-7H2,1-2H3/b8-3-/t9-,10+/m0/s1. The predicted molar refractivity (Wildman–Crippen MR) is 49.1 cm³/mol. The van der Waals surface area contributed by atoms with Crippen molar-refractivity contribution in [2.75, 3.05) is 20.3 Å². The largest absolute Gasteiger partial charge is 0.378 e. The molecule has 12 heavy (non-hydrogen) atoms. The number of morpholine rings is 1. The van der Waals surface area contributed by atoms with Gasteiger partial charge in [0.25, 0.3) is 0 Å². The van der Waals surface area contributed by atoms with E-state index in [0.29, 0.717) is 12.1 Å². The second-order valence-corrected chi connectivity index (χ2v) is 3.87. The van der Waals surface area contributed by atoms with Crippen LogP contribution in [0.1, 0.15) is 19.8 Å². The third kappa shape index (κ3) is 1.29. The number of hydrogen-bond donors (Lipinski definition) is 0. The lowest BCUT2D eigenvalue weighted by Gasteiger charge is -2.44. The monoisotopic (exact) mass is 167 g/mol. The zero-order valence-electron chi connectivity index (χ0n) is 7.92. The van der Waals surface area contributed by atoms with Crippen LogP contribution in [-0.2, 0) is 4.74 Å². The van der Waals surface area contributed by atoms with Crippen molar-refractivity contribution in [3.63, 3.8) is 0 Å². The second-order valence-electron chi connectivity index (χ2n) is 3.87. The SMILES string of the molecule is C/C=C1/C[C@H]2COC[C@@H](C1)N2C. The summed E-state index contributed by atoms with van der Waals surface area (Å²) in [6.45, 7) is 3.99. The van der Waals surface area contributed by atoms with Gasteiger partial charge in [-0.05, 0) is 26.8 Å². The molecule has 0 unspecified atom stereocenters. The molecule has 0 spiro atoms. The summed E-state index contributed by atoms with van der Waals surface area (Å²) in [4.78, 5) is 2.48. The normalized spacial score (nSPS) is 40.3. The Labute approximate surface area is 74.2 Å². The van der Waals surface area contributed by atoms with Gasteiger partial charge in [0.2, 0.25) is 0 Å². The lowest BCUT2D eigenvalue weighted by Crippen LogP contribution is -2.53. The Bertz CT molecular complexity index is 184. The van der Waals surface area contributed by atoms with Gasteiger partial charge in [0.1, 0.15) is 0 Å². The van der Waals surface area contributed by atoms with Gasteiger partial charge in [0, 0.05) is 12.1 Å². The Morgan fingerprint density at radius 1 is 1.33 bits per heavy atom. The Morgan fingerprint density at radius 2 is 1.92 bits per heavy atom. The molecule has 0 saturated carbocycles. The molecule has 0 radical (unpaired) electrons. The van der Waals surface area contributed by atoms with Crippen molar-refractivity contribution in [1.29, 1.82) is 0 Å². The van der Waals surface area contributed by atoms with Gasteiger partial charge in [-0.3, -0.25) is 4.90 Å². The molecule has 2 rings (SSSR count). The fourth-order valence-electron chi connectivity index (χ4n) is 2.20. The molecule has 68 valence electrons. The highest BCUT2D eigenvalue weighted by atomic mass is 16.5. The Balaban J connectivity index is 2.12. The molecule has 2 heteroatoms. The van der Waals surface area contributed by atoms with Crippen molar-refractivity contribution >= 4 is 0 Å². The molecule has 2 bridgehead atoms. The minimum absolute atomic E-state index is 0.642. The average Bonchev–Trinajstić information content (AvgIpc) is 2.04. The number of allylic oxidation sites excluding steroid dienone is 1. The predicted octanol–water partition coefficient (Wildman–Crippen LogP) is 1.43. The quantitative estimate of drug-likeness (QED) is 0.506. The van der Waals surface area contributed by atoms with Gasteiger partial charge < -0.3 is 4.74 Å². The Morgan fingerprint density at radius 3 is 2.42 bits per heavy atom. The van der Waals surface area contributed by atoms with Crippen LogP contribution in [0.2, 0.25) is 0 Å². The number of piperidine rings is 1. The van der Waals surface area contributed by atoms with Crippen molar-refractivity contribution in [2.24, 2.45) is 0 Å².